The summed E-state index contributed by atoms with van der Waals surface area (Å²) >= 11 is 1.47. The van der Waals surface area contributed by atoms with Gasteiger partial charge in [-0.05, 0) is 38.1 Å². The summed E-state index contributed by atoms with van der Waals surface area (Å²) in [6.45, 7) is 5.13. The van der Waals surface area contributed by atoms with Crippen LogP contribution >= 0.6 is 11.8 Å². The van der Waals surface area contributed by atoms with Crippen molar-refractivity contribution < 1.29 is 27.4 Å². The van der Waals surface area contributed by atoms with E-state index in [1.807, 2.05) is 38.1 Å². The van der Waals surface area contributed by atoms with Crippen molar-refractivity contribution in [2.24, 2.45) is 4.99 Å². The number of hydrogen-bond donors (Lipinski definition) is 0. The van der Waals surface area contributed by atoms with Crippen LogP contribution in [0.2, 0.25) is 0 Å². The number of amidine groups is 1. The number of para-hydroxylation sites is 2. The molecule has 8 nitrogen and oxygen atoms in total. The van der Waals surface area contributed by atoms with Crippen LogP contribution in [0.15, 0.2) is 52.4 Å². The number of carbonyl (C=O) groups excluding carboxylic acids is 1. The lowest BCUT2D eigenvalue weighted by molar-refractivity contribution is -0.127. The molecule has 1 atom stereocenters. The van der Waals surface area contributed by atoms with Gasteiger partial charge in [-0.1, -0.05) is 23.9 Å². The Morgan fingerprint density at radius 3 is 2.73 bits per heavy atom. The first-order valence-corrected chi connectivity index (χ1v) is 13.4. The monoisotopic (exact) mass is 490 g/mol. The van der Waals surface area contributed by atoms with Crippen molar-refractivity contribution in [2.45, 2.75) is 31.2 Å². The number of rotatable bonds is 7. The summed E-state index contributed by atoms with van der Waals surface area (Å²) in [7, 11) is -3.68. The number of sulfone groups is 1. The molecule has 0 saturated carbocycles. The summed E-state index contributed by atoms with van der Waals surface area (Å²) in [5.41, 5.74) is 0.637. The molecule has 2 heterocycles. The molecule has 0 aromatic heterocycles. The third kappa shape index (κ3) is 5.27. The normalized spacial score (nSPS) is 19.0. The third-order valence-corrected chi connectivity index (χ3v) is 8.12. The molecule has 176 valence electrons. The van der Waals surface area contributed by atoms with Gasteiger partial charge in [0.15, 0.2) is 26.5 Å². The third-order valence-electron chi connectivity index (χ3n) is 5.21. The van der Waals surface area contributed by atoms with Crippen molar-refractivity contribution in [1.82, 2.24) is 4.90 Å². The molecular weight excluding hydrogens is 464 g/mol. The first kappa shape index (κ1) is 23.4. The molecule has 1 saturated heterocycles. The minimum Gasteiger partial charge on any atom is -0.492 e. The lowest BCUT2D eigenvalue weighted by atomic mass is 10.3. The average Bonchev–Trinajstić information content (AvgIpc) is 3.18. The highest BCUT2D eigenvalue weighted by Crippen LogP contribution is 2.34. The molecule has 2 aromatic carbocycles. The number of amides is 1. The fraction of sp³-hybridized carbons (Fsp3) is 0.391. The lowest BCUT2D eigenvalue weighted by Gasteiger charge is -2.21. The van der Waals surface area contributed by atoms with Gasteiger partial charge in [0.2, 0.25) is 5.91 Å². The van der Waals surface area contributed by atoms with E-state index in [4.69, 9.17) is 14.2 Å². The Labute approximate surface area is 197 Å². The molecule has 1 fully saturated rings. The summed E-state index contributed by atoms with van der Waals surface area (Å²) in [4.78, 5) is 19.4. The van der Waals surface area contributed by atoms with Crippen LogP contribution in [-0.4, -0.2) is 61.8 Å². The van der Waals surface area contributed by atoms with Crippen LogP contribution < -0.4 is 14.2 Å². The van der Waals surface area contributed by atoms with Gasteiger partial charge in [0.25, 0.3) is 0 Å². The minimum atomic E-state index is -3.68. The topological polar surface area (TPSA) is 94.5 Å². The molecule has 2 aliphatic rings. The lowest BCUT2D eigenvalue weighted by Crippen LogP contribution is -2.38. The molecule has 2 aromatic rings. The quantitative estimate of drug-likeness (QED) is 0.584. The van der Waals surface area contributed by atoms with Crippen LogP contribution in [0.4, 0.5) is 5.69 Å². The van der Waals surface area contributed by atoms with Gasteiger partial charge in [0.1, 0.15) is 24.7 Å². The Morgan fingerprint density at radius 2 is 1.94 bits per heavy atom. The minimum absolute atomic E-state index is 0.0856. The molecule has 10 heteroatoms. The van der Waals surface area contributed by atoms with E-state index < -0.39 is 9.84 Å². The van der Waals surface area contributed by atoms with Gasteiger partial charge in [-0.3, -0.25) is 9.69 Å². The average molecular weight is 491 g/mol. The zero-order valence-electron chi connectivity index (χ0n) is 18.5. The molecule has 1 amide bonds. The summed E-state index contributed by atoms with van der Waals surface area (Å²) in [5.74, 6) is 1.67. The van der Waals surface area contributed by atoms with Crippen molar-refractivity contribution in [3.05, 3.63) is 42.5 Å². The predicted molar refractivity (Wildman–Crippen MR) is 128 cm³/mol. The number of carbonyl (C=O) groups is 1. The largest absolute Gasteiger partial charge is 0.492 e. The Bertz CT molecular complexity index is 1170. The molecule has 0 N–H and O–H groups in total. The van der Waals surface area contributed by atoms with Crippen LogP contribution in [0.5, 0.6) is 17.2 Å². The Hall–Kier alpha value is -2.72. The molecule has 0 spiro atoms. The zero-order chi connectivity index (χ0) is 23.4. The fourth-order valence-corrected chi connectivity index (χ4v) is 5.94. The van der Waals surface area contributed by atoms with Gasteiger partial charge in [0.05, 0.1) is 17.3 Å². The number of fused-ring (bicyclic) bond motifs is 1. The van der Waals surface area contributed by atoms with E-state index in [1.165, 1.54) is 23.9 Å². The SMILES string of the molecule is CCOc1ccccc1N=C1SCC(C)N1C(=O)CCS(=O)(=O)c1ccc2c(c1)OCCO2. The van der Waals surface area contributed by atoms with Crippen molar-refractivity contribution >= 4 is 38.4 Å². The summed E-state index contributed by atoms with van der Waals surface area (Å²) in [5, 5.41) is 0.552. The van der Waals surface area contributed by atoms with Gasteiger partial charge < -0.3 is 14.2 Å². The maximum Gasteiger partial charge on any atom is 0.229 e. The second kappa shape index (κ2) is 10.0. The van der Waals surface area contributed by atoms with Crippen LogP contribution in [0, 0.1) is 0 Å². The van der Waals surface area contributed by atoms with Crippen LogP contribution in [0.1, 0.15) is 20.3 Å². The smallest absolute Gasteiger partial charge is 0.229 e. The Morgan fingerprint density at radius 1 is 1.18 bits per heavy atom. The second-order valence-electron chi connectivity index (χ2n) is 7.59. The van der Waals surface area contributed by atoms with E-state index in [0.29, 0.717) is 53.7 Å². The fourth-order valence-electron chi connectivity index (χ4n) is 3.57. The first-order chi connectivity index (χ1) is 15.9. The summed E-state index contributed by atoms with van der Waals surface area (Å²) < 4.78 is 42.3. The van der Waals surface area contributed by atoms with Gasteiger partial charge in [0, 0.05) is 24.3 Å². The molecule has 0 bridgehead atoms. The first-order valence-electron chi connectivity index (χ1n) is 10.8. The number of aliphatic imine (C=N–C) groups is 1. The highest BCUT2D eigenvalue weighted by molar-refractivity contribution is 8.14. The Balaban J connectivity index is 1.49. The van der Waals surface area contributed by atoms with Crippen molar-refractivity contribution in [3.63, 3.8) is 0 Å². The van der Waals surface area contributed by atoms with Crippen molar-refractivity contribution in [1.29, 1.82) is 0 Å². The highest BCUT2D eigenvalue weighted by atomic mass is 32.2. The molecule has 4 rings (SSSR count). The van der Waals surface area contributed by atoms with Crippen molar-refractivity contribution in [3.8, 4) is 17.2 Å². The summed E-state index contributed by atoms with van der Waals surface area (Å²) in [6.07, 6.45) is -0.145. The number of ether oxygens (including phenoxy) is 3. The van der Waals surface area contributed by atoms with E-state index in [0.717, 1.165) is 0 Å². The molecule has 2 aliphatic heterocycles. The van der Waals surface area contributed by atoms with E-state index in [2.05, 4.69) is 4.99 Å². The molecule has 1 unspecified atom stereocenters. The summed E-state index contributed by atoms with van der Waals surface area (Å²) in [6, 6.07) is 11.8. The van der Waals surface area contributed by atoms with Gasteiger partial charge in [-0.25, -0.2) is 13.4 Å². The highest BCUT2D eigenvalue weighted by Gasteiger charge is 2.33. The number of thioether (sulfide) groups is 1. The van der Waals surface area contributed by atoms with Crippen LogP contribution in [0.3, 0.4) is 0 Å². The van der Waals surface area contributed by atoms with Gasteiger partial charge >= 0.3 is 0 Å². The van der Waals surface area contributed by atoms with E-state index >= 15 is 0 Å². The van der Waals surface area contributed by atoms with Crippen molar-refractivity contribution in [2.75, 3.05) is 31.3 Å². The number of hydrogen-bond acceptors (Lipinski definition) is 8. The van der Waals surface area contributed by atoms with Crippen LogP contribution in [0.25, 0.3) is 0 Å². The standard InChI is InChI=1S/C23H26N2O6S2/c1-3-29-19-7-5-4-6-18(19)24-23-25(16(2)15-32-23)22(26)10-13-33(27,28)17-8-9-20-21(14-17)31-12-11-30-20/h4-9,14,16H,3,10-13,15H2,1-2H3. The molecule has 0 radical (unpaired) electrons. The maximum absolute atomic E-state index is 13.1. The van der Waals surface area contributed by atoms with Gasteiger partial charge in [-0.2, -0.15) is 0 Å². The van der Waals surface area contributed by atoms with E-state index in [9.17, 15) is 13.2 Å². The van der Waals surface area contributed by atoms with E-state index in [1.54, 1.807) is 11.0 Å². The maximum atomic E-state index is 13.1. The van der Waals surface area contributed by atoms with Crippen LogP contribution in [-0.2, 0) is 14.6 Å². The number of nitrogens with zero attached hydrogens (tertiary/aromatic N) is 2. The zero-order valence-corrected chi connectivity index (χ0v) is 20.2. The van der Waals surface area contributed by atoms with Gasteiger partial charge in [-0.15, -0.1) is 0 Å². The molecule has 33 heavy (non-hydrogen) atoms. The van der Waals surface area contributed by atoms with E-state index in [-0.39, 0.29) is 29.0 Å². The molecular formula is C23H26N2O6S2. The Kier molecular flexibility index (Phi) is 7.14. The second-order valence-corrected chi connectivity index (χ2v) is 10.7. The number of benzene rings is 2. The predicted octanol–water partition coefficient (Wildman–Crippen LogP) is 3.67. The molecule has 0 aliphatic carbocycles.